The van der Waals surface area contributed by atoms with Crippen LogP contribution in [-0.2, 0) is 33.1 Å². The Hall–Kier alpha value is -4.47. The van der Waals surface area contributed by atoms with E-state index in [1.54, 1.807) is 19.1 Å². The molecule has 45 heavy (non-hydrogen) atoms. The standard InChI is InChI=1S/C34H36N4O6.Cu/c1-7-19-15(3)23-12-25-17(5)21(9-10-29(39)40)32(37-25)22(11-30(41)42)33-31(34(43)44)18(6)26(38-33)14-28-20(8-2)16(4)24(36-28)13-27(19)35-23;/h7,12-14,17,21H,1,8-11H2,2-6H3,(H5,35,36,37,38,39,40,41,42,43,44);/q;+2/p-2/t17-,21-;/m0./s1. The molecule has 0 fully saturated rings. The van der Waals surface area contributed by atoms with E-state index >= 15 is 0 Å². The second-order valence-electron chi connectivity index (χ2n) is 11.3. The van der Waals surface area contributed by atoms with Crippen molar-refractivity contribution in [3.05, 3.63) is 75.4 Å². The number of aliphatic carboxylic acids is 2. The van der Waals surface area contributed by atoms with Crippen molar-refractivity contribution in [2.45, 2.75) is 72.1 Å². The molecule has 3 N–H and O–H groups in total. The van der Waals surface area contributed by atoms with Gasteiger partial charge in [-0.3, -0.25) is 14.6 Å². The van der Waals surface area contributed by atoms with E-state index in [0.29, 0.717) is 45.6 Å². The molecule has 237 valence electrons. The fourth-order valence-corrected chi connectivity index (χ4v) is 6.37. The minimum Gasteiger partial charge on any atom is -0.657 e. The number of aromatic carboxylic acids is 1. The van der Waals surface area contributed by atoms with E-state index in [9.17, 15) is 29.7 Å². The fourth-order valence-electron chi connectivity index (χ4n) is 6.37. The van der Waals surface area contributed by atoms with Crippen LogP contribution in [0.5, 0.6) is 0 Å². The van der Waals surface area contributed by atoms with Gasteiger partial charge in [0.25, 0.3) is 0 Å². The molecular formula is C34H34CuN4O6. The molecule has 2 aliphatic rings. The Morgan fingerprint density at radius 2 is 1.60 bits per heavy atom. The van der Waals surface area contributed by atoms with E-state index in [4.69, 9.17) is 19.9 Å². The molecule has 0 saturated heterocycles. The molecule has 11 heteroatoms. The molecule has 8 bridgehead atoms. The fraction of sp³-hybridized carbons (Fsp3) is 0.324. The normalized spacial score (nSPS) is 15.9. The third-order valence-electron chi connectivity index (χ3n) is 8.79. The summed E-state index contributed by atoms with van der Waals surface area (Å²) in [6.45, 7) is 13.5. The van der Waals surface area contributed by atoms with Crippen molar-refractivity contribution in [2.24, 2.45) is 0 Å². The number of rotatable bonds is 8. The van der Waals surface area contributed by atoms with Gasteiger partial charge in [-0.15, -0.1) is 22.1 Å². The van der Waals surface area contributed by atoms with Crippen molar-refractivity contribution < 1.29 is 46.8 Å². The third-order valence-corrected chi connectivity index (χ3v) is 8.79. The Labute approximate surface area is 270 Å². The van der Waals surface area contributed by atoms with E-state index in [0.717, 1.165) is 28.0 Å². The third kappa shape index (κ3) is 5.98. The summed E-state index contributed by atoms with van der Waals surface area (Å²) < 4.78 is 0. The van der Waals surface area contributed by atoms with Gasteiger partial charge in [0.05, 0.1) is 17.8 Å². The number of hydrogen-bond acceptors (Lipinski definition) is 5. The second kappa shape index (κ2) is 12.9. The zero-order valence-corrected chi connectivity index (χ0v) is 26.6. The van der Waals surface area contributed by atoms with Crippen LogP contribution in [0.2, 0.25) is 0 Å². The van der Waals surface area contributed by atoms with E-state index in [2.05, 4.69) is 6.58 Å². The summed E-state index contributed by atoms with van der Waals surface area (Å²) >= 11 is 0. The molecule has 0 spiro atoms. The Morgan fingerprint density at radius 1 is 0.933 bits per heavy atom. The largest absolute Gasteiger partial charge is 2.00 e. The van der Waals surface area contributed by atoms with Crippen LogP contribution in [-0.4, -0.2) is 43.2 Å². The van der Waals surface area contributed by atoms with Crippen LogP contribution < -0.4 is 9.97 Å². The molecule has 3 aromatic heterocycles. The quantitative estimate of drug-likeness (QED) is 0.236. The summed E-state index contributed by atoms with van der Waals surface area (Å²) in [6.07, 6.45) is 1.90. The van der Waals surface area contributed by atoms with Crippen LogP contribution in [0.25, 0.3) is 39.3 Å². The van der Waals surface area contributed by atoms with Crippen molar-refractivity contribution >= 4 is 57.2 Å². The summed E-state index contributed by atoms with van der Waals surface area (Å²) in [6, 6.07) is 5.50. The minimum atomic E-state index is -1.24. The van der Waals surface area contributed by atoms with E-state index < -0.39 is 30.2 Å². The van der Waals surface area contributed by atoms with Crippen molar-refractivity contribution in [2.75, 3.05) is 0 Å². The maximum absolute atomic E-state index is 12.7. The van der Waals surface area contributed by atoms with Gasteiger partial charge in [0.2, 0.25) is 0 Å². The number of aryl methyl sites for hydroxylation is 2. The number of carboxylic acids is 3. The Kier molecular flexibility index (Phi) is 9.56. The van der Waals surface area contributed by atoms with E-state index in [1.165, 1.54) is 0 Å². The molecule has 1 radical (unpaired) electrons. The number of hydrogen-bond donors (Lipinski definition) is 3. The van der Waals surface area contributed by atoms with Crippen molar-refractivity contribution in [3.8, 4) is 0 Å². The Balaban J connectivity index is 0.00000461. The van der Waals surface area contributed by atoms with E-state index in [-0.39, 0.29) is 52.5 Å². The van der Waals surface area contributed by atoms with Gasteiger partial charge in [-0.2, -0.15) is 0 Å². The van der Waals surface area contributed by atoms with Gasteiger partial charge in [-0.05, 0) is 55.9 Å². The molecule has 0 aromatic carbocycles. The Morgan fingerprint density at radius 3 is 2.20 bits per heavy atom. The molecule has 3 aromatic rings. The van der Waals surface area contributed by atoms with Gasteiger partial charge in [0.1, 0.15) is 0 Å². The van der Waals surface area contributed by atoms with Gasteiger partial charge in [0.15, 0.2) is 0 Å². The molecule has 5 rings (SSSR count). The van der Waals surface area contributed by atoms with Crippen LogP contribution in [0.15, 0.2) is 24.8 Å². The molecule has 2 aliphatic heterocycles. The van der Waals surface area contributed by atoms with Crippen molar-refractivity contribution in [3.63, 3.8) is 0 Å². The number of allylic oxidation sites excluding steroid dienone is 2. The number of carbonyl (C=O) groups is 3. The number of fused-ring (bicyclic) bond motifs is 8. The van der Waals surface area contributed by atoms with Crippen LogP contribution in [0.3, 0.4) is 0 Å². The average molecular weight is 658 g/mol. The summed E-state index contributed by atoms with van der Waals surface area (Å²) in [4.78, 5) is 56.0. The van der Waals surface area contributed by atoms with Crippen LogP contribution in [0.4, 0.5) is 0 Å². The minimum absolute atomic E-state index is 0. The molecular weight excluding hydrogens is 624 g/mol. The van der Waals surface area contributed by atoms with Gasteiger partial charge < -0.3 is 25.3 Å². The van der Waals surface area contributed by atoms with Crippen LogP contribution in [0, 0.1) is 13.8 Å². The predicted octanol–water partition coefficient (Wildman–Crippen LogP) is 6.25. The number of nitrogens with zero attached hydrogens (tertiary/aromatic N) is 4. The Bertz CT molecular complexity index is 1950. The van der Waals surface area contributed by atoms with Crippen molar-refractivity contribution in [1.82, 2.24) is 19.9 Å². The zero-order valence-electron chi connectivity index (χ0n) is 25.7. The average Bonchev–Trinajstić information content (AvgIpc) is 3.63. The van der Waals surface area contributed by atoms with E-state index in [1.807, 2.05) is 39.8 Å². The number of carboxylic acid groups (broad SMARTS) is 3. The topological polar surface area (TPSA) is 166 Å². The predicted molar refractivity (Wildman–Crippen MR) is 168 cm³/mol. The molecule has 2 atom stereocenters. The summed E-state index contributed by atoms with van der Waals surface area (Å²) in [5.74, 6) is -4.21. The van der Waals surface area contributed by atoms with Gasteiger partial charge in [-0.25, -0.2) is 9.78 Å². The maximum atomic E-state index is 12.7. The van der Waals surface area contributed by atoms with Crippen molar-refractivity contribution in [1.29, 1.82) is 0 Å². The monoisotopic (exact) mass is 657 g/mol. The summed E-state index contributed by atoms with van der Waals surface area (Å²) in [7, 11) is 0. The van der Waals surface area contributed by atoms with Gasteiger partial charge in [0, 0.05) is 35.2 Å². The first-order valence-corrected chi connectivity index (χ1v) is 14.5. The molecule has 10 nitrogen and oxygen atoms in total. The molecule has 0 aliphatic carbocycles. The molecule has 0 amide bonds. The first-order chi connectivity index (χ1) is 20.9. The molecule has 0 unspecified atom stereocenters. The van der Waals surface area contributed by atoms with Crippen LogP contribution in [0.1, 0.15) is 107 Å². The summed E-state index contributed by atoms with van der Waals surface area (Å²) in [5, 5.41) is 29.8. The molecule has 5 heterocycles. The first-order valence-electron chi connectivity index (χ1n) is 14.5. The van der Waals surface area contributed by atoms with Gasteiger partial charge >= 0.3 is 35.0 Å². The van der Waals surface area contributed by atoms with Crippen LogP contribution >= 0.6 is 0 Å². The smallest absolute Gasteiger partial charge is 0.657 e. The summed E-state index contributed by atoms with van der Waals surface area (Å²) in [5.41, 5.74) is 8.16. The molecule has 0 saturated carbocycles. The zero-order chi connectivity index (χ0) is 32.0. The van der Waals surface area contributed by atoms with Gasteiger partial charge in [-0.1, -0.05) is 55.8 Å². The second-order valence-corrected chi connectivity index (χ2v) is 11.3. The SMILES string of the molecule is C=Cc1c(C)c2cc3nc(c(CC(=O)O)c4[n-]c(cc5nc(cc1[n-]2)C(C)=C5CC)c(C)c4C(=O)O)[C@@H](CCC(=O)O)[C@@H]3C.[Cu+2]. The number of aromatic nitrogens is 4. The maximum Gasteiger partial charge on any atom is 2.00 e. The first kappa shape index (κ1) is 33.4.